The minimum absolute atomic E-state index is 0.685. The fraction of sp³-hybridized carbons (Fsp3) is 0.333. The van der Waals surface area contributed by atoms with E-state index in [4.69, 9.17) is 11.6 Å². The van der Waals surface area contributed by atoms with Gasteiger partial charge in [0.05, 0.1) is 5.02 Å². The van der Waals surface area contributed by atoms with Crippen molar-refractivity contribution in [3.63, 3.8) is 0 Å². The molecule has 2 aromatic rings. The number of hydrogen-bond donors (Lipinski definition) is 0. The predicted octanol–water partition coefficient (Wildman–Crippen LogP) is 2.45. The van der Waals surface area contributed by atoms with E-state index < -0.39 is 0 Å². The lowest BCUT2D eigenvalue weighted by Gasteiger charge is -2.35. The minimum atomic E-state index is 0.685. The number of rotatable bonds is 3. The highest BCUT2D eigenvalue weighted by molar-refractivity contribution is 6.30. The molecule has 0 aromatic carbocycles. The van der Waals surface area contributed by atoms with E-state index in [9.17, 15) is 0 Å². The summed E-state index contributed by atoms with van der Waals surface area (Å²) in [4.78, 5) is 13.2. The summed E-state index contributed by atoms with van der Waals surface area (Å²) in [6.45, 7) is 5.09. The van der Waals surface area contributed by atoms with Gasteiger partial charge in [-0.25, -0.2) is 4.98 Å². The lowest BCUT2D eigenvalue weighted by Crippen LogP contribution is -2.46. The zero-order valence-corrected chi connectivity index (χ0v) is 12.0. The van der Waals surface area contributed by atoms with Gasteiger partial charge in [0.15, 0.2) is 0 Å². The number of hydrogen-bond acceptors (Lipinski definition) is 4. The van der Waals surface area contributed by atoms with Crippen molar-refractivity contribution >= 4 is 17.4 Å². The molecule has 2 aromatic heterocycles. The summed E-state index contributed by atoms with van der Waals surface area (Å²) in [6.07, 6.45) is 5.41. The zero-order chi connectivity index (χ0) is 13.8. The molecule has 20 heavy (non-hydrogen) atoms. The molecule has 1 aliphatic heterocycles. The molecule has 0 aliphatic carbocycles. The van der Waals surface area contributed by atoms with Crippen LogP contribution >= 0.6 is 11.6 Å². The van der Waals surface area contributed by atoms with Gasteiger partial charge in [-0.3, -0.25) is 9.88 Å². The van der Waals surface area contributed by atoms with E-state index in [1.165, 1.54) is 5.56 Å². The summed E-state index contributed by atoms with van der Waals surface area (Å²) in [6, 6.07) is 8.04. The Morgan fingerprint density at radius 1 is 1.00 bits per heavy atom. The van der Waals surface area contributed by atoms with Gasteiger partial charge in [0.2, 0.25) is 0 Å². The average Bonchev–Trinajstić information content (AvgIpc) is 2.50. The van der Waals surface area contributed by atoms with Crippen molar-refractivity contribution in [1.82, 2.24) is 14.9 Å². The molecular formula is C15H17ClN4. The van der Waals surface area contributed by atoms with Gasteiger partial charge in [-0.2, -0.15) is 0 Å². The van der Waals surface area contributed by atoms with Gasteiger partial charge in [0.25, 0.3) is 0 Å². The maximum Gasteiger partial charge on any atom is 0.128 e. The number of pyridine rings is 2. The van der Waals surface area contributed by atoms with E-state index in [-0.39, 0.29) is 0 Å². The monoisotopic (exact) mass is 288 g/mol. The van der Waals surface area contributed by atoms with Crippen molar-refractivity contribution in [2.24, 2.45) is 0 Å². The smallest absolute Gasteiger partial charge is 0.128 e. The molecule has 1 aliphatic rings. The molecule has 0 bridgehead atoms. The van der Waals surface area contributed by atoms with Gasteiger partial charge in [-0.1, -0.05) is 11.6 Å². The van der Waals surface area contributed by atoms with Crippen LogP contribution in [0.4, 0.5) is 5.82 Å². The molecule has 5 heteroatoms. The number of anilines is 1. The van der Waals surface area contributed by atoms with E-state index >= 15 is 0 Å². The molecule has 104 valence electrons. The molecule has 0 spiro atoms. The van der Waals surface area contributed by atoms with Gasteiger partial charge in [-0.05, 0) is 29.8 Å². The molecule has 0 N–H and O–H groups in total. The standard InChI is InChI=1S/C15H17ClN4/c16-14-1-2-15(18-11-14)20-9-7-19(8-10-20)12-13-3-5-17-6-4-13/h1-6,11H,7-10,12H2. The van der Waals surface area contributed by atoms with Crippen molar-refractivity contribution in [3.05, 3.63) is 53.4 Å². The molecule has 1 fully saturated rings. The molecular weight excluding hydrogens is 272 g/mol. The summed E-state index contributed by atoms with van der Waals surface area (Å²) < 4.78 is 0. The molecule has 0 amide bonds. The molecule has 3 heterocycles. The highest BCUT2D eigenvalue weighted by atomic mass is 35.5. The number of aromatic nitrogens is 2. The van der Waals surface area contributed by atoms with Crippen LogP contribution < -0.4 is 4.90 Å². The quantitative estimate of drug-likeness (QED) is 0.868. The first kappa shape index (κ1) is 13.3. The van der Waals surface area contributed by atoms with Crippen molar-refractivity contribution < 1.29 is 0 Å². The van der Waals surface area contributed by atoms with Crippen LogP contribution in [0.1, 0.15) is 5.56 Å². The summed E-state index contributed by atoms with van der Waals surface area (Å²) in [5, 5.41) is 0.685. The first-order valence-corrected chi connectivity index (χ1v) is 7.17. The largest absolute Gasteiger partial charge is 0.354 e. The third kappa shape index (κ3) is 3.26. The van der Waals surface area contributed by atoms with Crippen LogP contribution in [0.5, 0.6) is 0 Å². The van der Waals surface area contributed by atoms with Crippen molar-refractivity contribution in [3.8, 4) is 0 Å². The van der Waals surface area contributed by atoms with E-state index in [1.54, 1.807) is 6.20 Å². The fourth-order valence-electron chi connectivity index (χ4n) is 2.44. The Morgan fingerprint density at radius 2 is 1.75 bits per heavy atom. The first-order valence-electron chi connectivity index (χ1n) is 6.79. The average molecular weight is 289 g/mol. The molecule has 1 saturated heterocycles. The molecule has 0 unspecified atom stereocenters. The second-order valence-corrected chi connectivity index (χ2v) is 5.39. The summed E-state index contributed by atoms with van der Waals surface area (Å²) >= 11 is 5.87. The van der Waals surface area contributed by atoms with E-state index in [2.05, 4.69) is 31.9 Å². The number of nitrogens with zero attached hydrogens (tertiary/aromatic N) is 4. The lowest BCUT2D eigenvalue weighted by molar-refractivity contribution is 0.249. The SMILES string of the molecule is Clc1ccc(N2CCN(Cc3ccncc3)CC2)nc1. The Labute approximate surface area is 124 Å². The maximum atomic E-state index is 5.87. The molecule has 3 rings (SSSR count). The second-order valence-electron chi connectivity index (χ2n) is 4.95. The molecule has 0 saturated carbocycles. The Balaban J connectivity index is 1.55. The van der Waals surface area contributed by atoms with E-state index in [0.717, 1.165) is 38.5 Å². The normalized spacial score (nSPS) is 16.4. The maximum absolute atomic E-state index is 5.87. The Kier molecular flexibility index (Phi) is 4.14. The Bertz CT molecular complexity index is 536. The van der Waals surface area contributed by atoms with Crippen LogP contribution in [0, 0.1) is 0 Å². The van der Waals surface area contributed by atoms with Gasteiger partial charge >= 0.3 is 0 Å². The van der Waals surface area contributed by atoms with Crippen molar-refractivity contribution in [2.75, 3.05) is 31.1 Å². The highest BCUT2D eigenvalue weighted by Gasteiger charge is 2.17. The Morgan fingerprint density at radius 3 is 2.40 bits per heavy atom. The van der Waals surface area contributed by atoms with Gasteiger partial charge in [-0.15, -0.1) is 0 Å². The van der Waals surface area contributed by atoms with E-state index in [1.807, 2.05) is 24.5 Å². The third-order valence-corrected chi connectivity index (χ3v) is 3.79. The van der Waals surface area contributed by atoms with Gasteiger partial charge in [0, 0.05) is 51.3 Å². The molecule has 4 nitrogen and oxygen atoms in total. The van der Waals surface area contributed by atoms with Crippen LogP contribution in [0.2, 0.25) is 5.02 Å². The zero-order valence-electron chi connectivity index (χ0n) is 11.2. The third-order valence-electron chi connectivity index (χ3n) is 3.56. The van der Waals surface area contributed by atoms with E-state index in [0.29, 0.717) is 5.02 Å². The van der Waals surface area contributed by atoms with Crippen LogP contribution in [0.3, 0.4) is 0 Å². The van der Waals surface area contributed by atoms with Crippen LogP contribution in [-0.4, -0.2) is 41.0 Å². The van der Waals surface area contributed by atoms with Crippen LogP contribution in [0.15, 0.2) is 42.9 Å². The minimum Gasteiger partial charge on any atom is -0.354 e. The topological polar surface area (TPSA) is 32.3 Å². The predicted molar refractivity (Wildman–Crippen MR) is 81.0 cm³/mol. The molecule has 0 atom stereocenters. The van der Waals surface area contributed by atoms with Crippen molar-refractivity contribution in [1.29, 1.82) is 0 Å². The molecule has 0 radical (unpaired) electrons. The number of piperazine rings is 1. The summed E-state index contributed by atoms with van der Waals surface area (Å²) in [7, 11) is 0. The lowest BCUT2D eigenvalue weighted by atomic mass is 10.2. The number of halogens is 1. The summed E-state index contributed by atoms with van der Waals surface area (Å²) in [5.41, 5.74) is 1.32. The summed E-state index contributed by atoms with van der Waals surface area (Å²) in [5.74, 6) is 1.01. The Hall–Kier alpha value is -1.65. The van der Waals surface area contributed by atoms with Crippen LogP contribution in [-0.2, 0) is 6.54 Å². The van der Waals surface area contributed by atoms with Gasteiger partial charge < -0.3 is 4.90 Å². The first-order chi connectivity index (χ1) is 9.81. The van der Waals surface area contributed by atoms with Gasteiger partial charge in [0.1, 0.15) is 5.82 Å². The second kappa shape index (κ2) is 6.20. The van der Waals surface area contributed by atoms with Crippen molar-refractivity contribution in [2.45, 2.75) is 6.54 Å². The fourth-order valence-corrected chi connectivity index (χ4v) is 2.55. The van der Waals surface area contributed by atoms with Crippen LogP contribution in [0.25, 0.3) is 0 Å². The highest BCUT2D eigenvalue weighted by Crippen LogP contribution is 2.16.